The Morgan fingerprint density at radius 3 is 2.89 bits per heavy atom. The van der Waals surface area contributed by atoms with Crippen LogP contribution in [-0.4, -0.2) is 42.5 Å². The summed E-state index contributed by atoms with van der Waals surface area (Å²) < 4.78 is 5.25. The summed E-state index contributed by atoms with van der Waals surface area (Å²) in [6, 6.07) is 7.21. The highest BCUT2D eigenvalue weighted by molar-refractivity contribution is 8.05. The van der Waals surface area contributed by atoms with Gasteiger partial charge in [0.25, 0.3) is 11.8 Å². The monoisotopic (exact) mass is 382 g/mol. The minimum atomic E-state index is -0.220. The maximum atomic E-state index is 12.2. The molecule has 140 valence electrons. The van der Waals surface area contributed by atoms with Crippen molar-refractivity contribution in [3.05, 3.63) is 64.6 Å². The number of fused-ring (bicyclic) bond motifs is 1. The lowest BCUT2D eigenvalue weighted by atomic mass is 10.1. The first-order valence-electron chi connectivity index (χ1n) is 8.99. The number of thioether (sulfide) groups is 1. The van der Waals surface area contributed by atoms with Crippen LogP contribution in [0.3, 0.4) is 0 Å². The molecule has 1 heterocycles. The van der Waals surface area contributed by atoms with E-state index in [2.05, 4.69) is 10.3 Å². The van der Waals surface area contributed by atoms with Gasteiger partial charge in [0.05, 0.1) is 15.9 Å². The highest BCUT2D eigenvalue weighted by atomic mass is 32.2. The second-order valence-electron chi connectivity index (χ2n) is 6.06. The number of allylic oxidation sites excluding steroid dienone is 3. The van der Waals surface area contributed by atoms with Crippen LogP contribution in [0.25, 0.3) is 6.08 Å². The van der Waals surface area contributed by atoms with Crippen LogP contribution in [0.5, 0.6) is 0 Å². The van der Waals surface area contributed by atoms with Crippen LogP contribution in [0.15, 0.2) is 58.5 Å². The molecule has 1 atom stereocenters. The number of nitrogens with zero attached hydrogens (tertiary/aromatic N) is 1. The zero-order valence-corrected chi connectivity index (χ0v) is 16.0. The minimum absolute atomic E-state index is 0.0840. The van der Waals surface area contributed by atoms with Gasteiger partial charge in [-0.3, -0.25) is 9.59 Å². The number of benzene rings is 1. The molecule has 2 aliphatic rings. The molecule has 0 bridgehead atoms. The van der Waals surface area contributed by atoms with E-state index in [1.165, 1.54) is 11.8 Å². The first kappa shape index (κ1) is 19.3. The summed E-state index contributed by atoms with van der Waals surface area (Å²) in [6.07, 6.45) is 10.4. The van der Waals surface area contributed by atoms with Crippen LogP contribution in [0.4, 0.5) is 0 Å². The average Bonchev–Trinajstić information content (AvgIpc) is 2.69. The number of rotatable bonds is 7. The highest BCUT2D eigenvalue weighted by Crippen LogP contribution is 2.32. The third kappa shape index (κ3) is 5.28. The predicted octanol–water partition coefficient (Wildman–Crippen LogP) is 3.39. The van der Waals surface area contributed by atoms with Crippen molar-refractivity contribution in [3.8, 4) is 0 Å². The molecule has 0 aromatic heterocycles. The number of carbonyl (C=O) groups is 2. The van der Waals surface area contributed by atoms with Crippen molar-refractivity contribution < 1.29 is 14.3 Å². The van der Waals surface area contributed by atoms with Crippen molar-refractivity contribution in [2.75, 3.05) is 19.8 Å². The second-order valence-corrected chi connectivity index (χ2v) is 7.24. The summed E-state index contributed by atoms with van der Waals surface area (Å²) in [6.45, 7) is 3.86. The maximum Gasteiger partial charge on any atom is 0.283 e. The Balaban J connectivity index is 1.60. The van der Waals surface area contributed by atoms with Gasteiger partial charge in [-0.1, -0.05) is 30.4 Å². The van der Waals surface area contributed by atoms with Gasteiger partial charge < -0.3 is 10.1 Å². The Labute approximate surface area is 163 Å². The smallest absolute Gasteiger partial charge is 0.283 e. The predicted molar refractivity (Wildman–Crippen MR) is 110 cm³/mol. The molecule has 0 spiro atoms. The zero-order valence-electron chi connectivity index (χ0n) is 15.2. The molecular weight excluding hydrogens is 360 g/mol. The number of ether oxygens (including phenoxy) is 1. The highest BCUT2D eigenvalue weighted by Gasteiger charge is 2.25. The number of hydrogen-bond donors (Lipinski definition) is 1. The fraction of sp³-hybridized carbons (Fsp3) is 0.286. The van der Waals surface area contributed by atoms with Crippen molar-refractivity contribution in [2.45, 2.75) is 18.6 Å². The molecule has 1 unspecified atom stereocenters. The van der Waals surface area contributed by atoms with Gasteiger partial charge >= 0.3 is 0 Å². The summed E-state index contributed by atoms with van der Waals surface area (Å²) in [5.74, 6) is -0.329. The first-order chi connectivity index (χ1) is 13.2. The van der Waals surface area contributed by atoms with Gasteiger partial charge in [0.1, 0.15) is 0 Å². The molecule has 6 heteroatoms. The quantitative estimate of drug-likeness (QED) is 0.580. The molecule has 3 rings (SSSR count). The maximum absolute atomic E-state index is 12.2. The van der Waals surface area contributed by atoms with Crippen LogP contribution in [0, 0.1) is 0 Å². The van der Waals surface area contributed by atoms with Gasteiger partial charge in [-0.15, -0.1) is 11.8 Å². The summed E-state index contributed by atoms with van der Waals surface area (Å²) in [5, 5.41) is 2.96. The topological polar surface area (TPSA) is 67.8 Å². The number of carbonyl (C=O) groups excluding carboxylic acids is 2. The van der Waals surface area contributed by atoms with E-state index in [1.54, 1.807) is 12.1 Å². The van der Waals surface area contributed by atoms with Crippen molar-refractivity contribution in [2.24, 2.45) is 4.99 Å². The molecular formula is C21H22N2O3S. The molecule has 0 saturated carbocycles. The van der Waals surface area contributed by atoms with Gasteiger partial charge in [0.15, 0.2) is 0 Å². The van der Waals surface area contributed by atoms with Crippen LogP contribution in [-0.2, 0) is 9.53 Å². The molecule has 0 radical (unpaired) electrons. The van der Waals surface area contributed by atoms with Crippen LogP contribution >= 0.6 is 11.8 Å². The van der Waals surface area contributed by atoms with Crippen molar-refractivity contribution >= 4 is 35.4 Å². The van der Waals surface area contributed by atoms with E-state index in [-0.39, 0.29) is 17.1 Å². The van der Waals surface area contributed by atoms with Gasteiger partial charge in [-0.25, -0.2) is 4.99 Å². The number of hydrogen-bond acceptors (Lipinski definition) is 4. The first-order valence-corrected chi connectivity index (χ1v) is 9.87. The molecule has 1 aromatic carbocycles. The molecule has 0 fully saturated rings. The molecule has 1 aliphatic carbocycles. The summed E-state index contributed by atoms with van der Waals surface area (Å²) in [4.78, 5) is 29.1. The SMILES string of the molecule is CCOCCCNC(=O)c1ccc(/C=C2/SC3C=CC=CC3=NC2=O)cc1. The van der Waals surface area contributed by atoms with E-state index in [1.807, 2.05) is 49.4 Å². The van der Waals surface area contributed by atoms with Crippen molar-refractivity contribution in [1.29, 1.82) is 0 Å². The van der Waals surface area contributed by atoms with E-state index >= 15 is 0 Å². The Bertz CT molecular complexity index is 822. The minimum Gasteiger partial charge on any atom is -0.382 e. The van der Waals surface area contributed by atoms with Crippen LogP contribution in [0.2, 0.25) is 0 Å². The van der Waals surface area contributed by atoms with E-state index < -0.39 is 0 Å². The lowest BCUT2D eigenvalue weighted by Crippen LogP contribution is -2.25. The fourth-order valence-corrected chi connectivity index (χ4v) is 3.72. The standard InChI is InChI=1S/C21H22N2O3S/c1-2-26-13-5-12-22-20(24)16-10-8-15(9-11-16)14-19-21(25)23-17-6-3-4-7-18(17)27-19/h3-4,6-11,14,18H,2,5,12-13H2,1H3,(H,22,24)/b19-14+. The Morgan fingerprint density at radius 1 is 1.30 bits per heavy atom. The summed E-state index contributed by atoms with van der Waals surface area (Å²) >= 11 is 1.50. The average molecular weight is 382 g/mol. The van der Waals surface area contributed by atoms with Gasteiger partial charge in [0, 0.05) is 25.3 Å². The third-order valence-electron chi connectivity index (χ3n) is 4.08. The third-order valence-corrected chi connectivity index (χ3v) is 5.28. The number of aliphatic imine (C=N–C) groups is 1. The molecule has 1 N–H and O–H groups in total. The molecule has 5 nitrogen and oxygen atoms in total. The van der Waals surface area contributed by atoms with E-state index in [0.717, 1.165) is 17.7 Å². The second kappa shape index (κ2) is 9.48. The normalized spacial score (nSPS) is 19.7. The molecule has 1 aromatic rings. The lowest BCUT2D eigenvalue weighted by molar-refractivity contribution is -0.113. The zero-order chi connectivity index (χ0) is 19.1. The largest absolute Gasteiger partial charge is 0.382 e. The lowest BCUT2D eigenvalue weighted by Gasteiger charge is -2.20. The molecule has 1 aliphatic heterocycles. The van der Waals surface area contributed by atoms with Gasteiger partial charge in [-0.05, 0) is 43.2 Å². The van der Waals surface area contributed by atoms with E-state index in [9.17, 15) is 9.59 Å². The van der Waals surface area contributed by atoms with Crippen LogP contribution < -0.4 is 5.32 Å². The molecule has 27 heavy (non-hydrogen) atoms. The number of amides is 2. The van der Waals surface area contributed by atoms with Gasteiger partial charge in [-0.2, -0.15) is 0 Å². The van der Waals surface area contributed by atoms with Gasteiger partial charge in [0.2, 0.25) is 0 Å². The Hall–Kier alpha value is -2.44. The van der Waals surface area contributed by atoms with E-state index in [0.29, 0.717) is 30.2 Å². The van der Waals surface area contributed by atoms with Crippen molar-refractivity contribution in [3.63, 3.8) is 0 Å². The number of nitrogens with one attached hydrogen (secondary N) is 1. The Kier molecular flexibility index (Phi) is 6.79. The molecule has 2 amide bonds. The fourth-order valence-electron chi connectivity index (χ4n) is 2.67. The summed E-state index contributed by atoms with van der Waals surface area (Å²) in [5.41, 5.74) is 2.26. The Morgan fingerprint density at radius 2 is 2.11 bits per heavy atom. The molecule has 0 saturated heterocycles. The van der Waals surface area contributed by atoms with Crippen LogP contribution in [0.1, 0.15) is 29.3 Å². The van der Waals surface area contributed by atoms with Crippen molar-refractivity contribution in [1.82, 2.24) is 5.32 Å². The summed E-state index contributed by atoms with van der Waals surface area (Å²) in [7, 11) is 0. The van der Waals surface area contributed by atoms with E-state index in [4.69, 9.17) is 4.74 Å².